The number of aromatic nitrogens is 2. The maximum Gasteiger partial charge on any atom is 0.303 e. The van der Waals surface area contributed by atoms with E-state index in [2.05, 4.69) is 10.2 Å². The maximum atomic E-state index is 12.9. The molecule has 0 bridgehead atoms. The van der Waals surface area contributed by atoms with E-state index in [0.717, 1.165) is 17.7 Å². The molecular formula is C16H18ClN3O3S. The predicted octanol–water partition coefficient (Wildman–Crippen LogP) is 3.51. The largest absolute Gasteiger partial charge is 0.481 e. The molecule has 0 radical (unpaired) electrons. The minimum atomic E-state index is -0.787. The molecule has 1 unspecified atom stereocenters. The first-order valence-electron chi connectivity index (χ1n) is 7.84. The van der Waals surface area contributed by atoms with E-state index >= 15 is 0 Å². The molecule has 0 aromatic carbocycles. The van der Waals surface area contributed by atoms with Crippen molar-refractivity contribution in [2.24, 2.45) is 5.92 Å². The topological polar surface area (TPSA) is 86.3 Å². The maximum absolute atomic E-state index is 12.9. The number of amides is 1. The van der Waals surface area contributed by atoms with Gasteiger partial charge in [0.2, 0.25) is 0 Å². The van der Waals surface area contributed by atoms with Crippen molar-refractivity contribution in [2.75, 3.05) is 13.1 Å². The average Bonchev–Trinajstić information content (AvgIpc) is 3.21. The Morgan fingerprint density at radius 3 is 3.00 bits per heavy atom. The van der Waals surface area contributed by atoms with Gasteiger partial charge in [-0.05, 0) is 37.3 Å². The SMILES string of the molecule is O=C(O)CCC1CCCN(C(=O)c2cn[nH]c2-c2ccc(Cl)s2)C1. The Balaban J connectivity index is 1.72. The van der Waals surface area contributed by atoms with Gasteiger partial charge >= 0.3 is 5.97 Å². The van der Waals surface area contributed by atoms with E-state index in [-0.39, 0.29) is 18.2 Å². The lowest BCUT2D eigenvalue weighted by molar-refractivity contribution is -0.137. The van der Waals surface area contributed by atoms with Crippen LogP contribution in [0.4, 0.5) is 0 Å². The normalized spacial score (nSPS) is 17.9. The number of rotatable bonds is 5. The molecule has 24 heavy (non-hydrogen) atoms. The zero-order valence-electron chi connectivity index (χ0n) is 13.0. The summed E-state index contributed by atoms with van der Waals surface area (Å²) in [7, 11) is 0. The Kier molecular flexibility index (Phi) is 5.20. The number of hydrogen-bond donors (Lipinski definition) is 2. The van der Waals surface area contributed by atoms with Gasteiger partial charge in [0.15, 0.2) is 0 Å². The van der Waals surface area contributed by atoms with Crippen molar-refractivity contribution in [3.63, 3.8) is 0 Å². The highest BCUT2D eigenvalue weighted by Gasteiger charge is 2.27. The third-order valence-corrected chi connectivity index (χ3v) is 5.51. The molecule has 2 aromatic rings. The molecular weight excluding hydrogens is 350 g/mol. The smallest absolute Gasteiger partial charge is 0.303 e. The van der Waals surface area contributed by atoms with E-state index in [1.165, 1.54) is 11.3 Å². The number of aliphatic carboxylic acids is 1. The molecule has 1 atom stereocenters. The quantitative estimate of drug-likeness (QED) is 0.846. The average molecular weight is 368 g/mol. The fourth-order valence-electron chi connectivity index (χ4n) is 3.07. The van der Waals surface area contributed by atoms with Crippen LogP contribution in [-0.2, 0) is 4.79 Å². The van der Waals surface area contributed by atoms with Crippen LogP contribution in [-0.4, -0.2) is 45.2 Å². The van der Waals surface area contributed by atoms with E-state index < -0.39 is 5.97 Å². The highest BCUT2D eigenvalue weighted by molar-refractivity contribution is 7.19. The van der Waals surface area contributed by atoms with Gasteiger partial charge in [-0.15, -0.1) is 11.3 Å². The van der Waals surface area contributed by atoms with Crippen molar-refractivity contribution in [3.05, 3.63) is 28.2 Å². The zero-order valence-corrected chi connectivity index (χ0v) is 14.6. The monoisotopic (exact) mass is 367 g/mol. The second-order valence-electron chi connectivity index (χ2n) is 5.95. The van der Waals surface area contributed by atoms with Gasteiger partial charge in [0, 0.05) is 19.5 Å². The van der Waals surface area contributed by atoms with Gasteiger partial charge in [-0.2, -0.15) is 5.10 Å². The van der Waals surface area contributed by atoms with Crippen LogP contribution in [0.3, 0.4) is 0 Å². The van der Waals surface area contributed by atoms with Gasteiger partial charge in [-0.25, -0.2) is 0 Å². The Bertz CT molecular complexity index is 743. The summed E-state index contributed by atoms with van der Waals surface area (Å²) in [6, 6.07) is 3.66. The van der Waals surface area contributed by atoms with Crippen molar-refractivity contribution >= 4 is 34.8 Å². The number of thiophene rings is 1. The lowest BCUT2D eigenvalue weighted by Gasteiger charge is -2.32. The summed E-state index contributed by atoms with van der Waals surface area (Å²) in [4.78, 5) is 26.3. The molecule has 0 saturated carbocycles. The molecule has 0 spiro atoms. The van der Waals surface area contributed by atoms with Gasteiger partial charge in [0.1, 0.15) is 0 Å². The lowest BCUT2D eigenvalue weighted by atomic mass is 9.93. The summed E-state index contributed by atoms with van der Waals surface area (Å²) in [5, 5.41) is 15.7. The van der Waals surface area contributed by atoms with E-state index in [1.807, 2.05) is 6.07 Å². The number of piperidine rings is 1. The first kappa shape index (κ1) is 17.0. The number of nitrogens with one attached hydrogen (secondary N) is 1. The summed E-state index contributed by atoms with van der Waals surface area (Å²) < 4.78 is 0.657. The Hall–Kier alpha value is -1.86. The summed E-state index contributed by atoms with van der Waals surface area (Å²) in [6.07, 6.45) is 4.17. The molecule has 1 aliphatic heterocycles. The lowest BCUT2D eigenvalue weighted by Crippen LogP contribution is -2.40. The number of hydrogen-bond acceptors (Lipinski definition) is 4. The van der Waals surface area contributed by atoms with E-state index in [9.17, 15) is 9.59 Å². The molecule has 8 heteroatoms. The summed E-state index contributed by atoms with van der Waals surface area (Å²) in [5.41, 5.74) is 1.22. The van der Waals surface area contributed by atoms with Crippen molar-refractivity contribution < 1.29 is 14.7 Å². The first-order valence-corrected chi connectivity index (χ1v) is 9.04. The van der Waals surface area contributed by atoms with Gasteiger partial charge < -0.3 is 10.0 Å². The second kappa shape index (κ2) is 7.36. The van der Waals surface area contributed by atoms with Crippen molar-refractivity contribution in [2.45, 2.75) is 25.7 Å². The number of aromatic amines is 1. The summed E-state index contributed by atoms with van der Waals surface area (Å²) in [5.74, 6) is -0.612. The Morgan fingerprint density at radius 1 is 1.46 bits per heavy atom. The predicted molar refractivity (Wildman–Crippen MR) is 92.4 cm³/mol. The minimum absolute atomic E-state index is 0.0664. The standard InChI is InChI=1S/C16H18ClN3O3S/c17-13-5-4-12(24-13)15-11(8-18-19-15)16(23)20-7-1-2-10(9-20)3-6-14(21)22/h4-5,8,10H,1-3,6-7,9H2,(H,18,19)(H,21,22). The number of nitrogens with zero attached hydrogens (tertiary/aromatic N) is 2. The van der Waals surface area contributed by atoms with E-state index in [1.54, 1.807) is 17.2 Å². The molecule has 1 fully saturated rings. The Labute approximate surface area is 148 Å². The van der Waals surface area contributed by atoms with Crippen molar-refractivity contribution in [1.29, 1.82) is 0 Å². The van der Waals surface area contributed by atoms with Crippen LogP contribution in [0.1, 0.15) is 36.0 Å². The summed E-state index contributed by atoms with van der Waals surface area (Å²) in [6.45, 7) is 1.29. The number of H-pyrrole nitrogens is 1. The minimum Gasteiger partial charge on any atom is -0.481 e. The molecule has 2 aromatic heterocycles. The third-order valence-electron chi connectivity index (χ3n) is 4.26. The molecule has 1 aliphatic rings. The molecule has 3 rings (SSSR count). The van der Waals surface area contributed by atoms with Gasteiger partial charge in [0.05, 0.1) is 26.7 Å². The molecule has 2 N–H and O–H groups in total. The molecule has 1 saturated heterocycles. The number of carbonyl (C=O) groups excluding carboxylic acids is 1. The molecule has 0 aliphatic carbocycles. The highest BCUT2D eigenvalue weighted by Crippen LogP contribution is 2.32. The fourth-order valence-corrected chi connectivity index (χ4v) is 4.12. The highest BCUT2D eigenvalue weighted by atomic mass is 35.5. The van der Waals surface area contributed by atoms with E-state index in [0.29, 0.717) is 35.1 Å². The third kappa shape index (κ3) is 3.79. The number of likely N-dealkylation sites (tertiary alicyclic amines) is 1. The van der Waals surface area contributed by atoms with E-state index in [4.69, 9.17) is 16.7 Å². The van der Waals surface area contributed by atoms with Crippen LogP contribution in [0.15, 0.2) is 18.3 Å². The van der Waals surface area contributed by atoms with Gasteiger partial charge in [-0.1, -0.05) is 11.6 Å². The van der Waals surface area contributed by atoms with Crippen LogP contribution in [0.25, 0.3) is 10.6 Å². The van der Waals surface area contributed by atoms with Crippen LogP contribution >= 0.6 is 22.9 Å². The number of carboxylic acids is 1. The Morgan fingerprint density at radius 2 is 2.29 bits per heavy atom. The zero-order chi connectivity index (χ0) is 17.1. The van der Waals surface area contributed by atoms with Crippen LogP contribution in [0.2, 0.25) is 4.34 Å². The van der Waals surface area contributed by atoms with Crippen LogP contribution < -0.4 is 0 Å². The van der Waals surface area contributed by atoms with Crippen molar-refractivity contribution in [3.8, 4) is 10.6 Å². The van der Waals surface area contributed by atoms with Gasteiger partial charge in [0.25, 0.3) is 5.91 Å². The van der Waals surface area contributed by atoms with Crippen molar-refractivity contribution in [1.82, 2.24) is 15.1 Å². The van der Waals surface area contributed by atoms with Crippen LogP contribution in [0, 0.1) is 5.92 Å². The molecule has 1 amide bonds. The fraction of sp³-hybridized carbons (Fsp3) is 0.438. The summed E-state index contributed by atoms with van der Waals surface area (Å²) >= 11 is 7.37. The molecule has 3 heterocycles. The number of halogens is 1. The molecule has 6 nitrogen and oxygen atoms in total. The van der Waals surface area contributed by atoms with Crippen LogP contribution in [0.5, 0.6) is 0 Å². The van der Waals surface area contributed by atoms with Gasteiger partial charge in [-0.3, -0.25) is 14.7 Å². The first-order chi connectivity index (χ1) is 11.5. The molecule has 128 valence electrons. The second-order valence-corrected chi connectivity index (χ2v) is 7.67. The number of carboxylic acid groups (broad SMARTS) is 1. The number of carbonyl (C=O) groups is 2.